The van der Waals surface area contributed by atoms with Crippen molar-refractivity contribution in [1.29, 1.82) is 0 Å². The maximum Gasteiger partial charge on any atom is 0.242 e. The average molecular weight is 304 g/mol. The maximum absolute atomic E-state index is 12.0. The van der Waals surface area contributed by atoms with E-state index in [1.54, 1.807) is 12.1 Å². The standard InChI is InChI=1S/C16H20N2O2S/c1-13(17-15-7-5-4-6-8-15)14-9-11-16(12-10-14)21(19,20)18(2)3/h4-13,17H,1-3H3. The van der Waals surface area contributed by atoms with Crippen molar-refractivity contribution in [2.45, 2.75) is 17.9 Å². The molecule has 1 atom stereocenters. The predicted octanol–water partition coefficient (Wildman–Crippen LogP) is 3.11. The first-order valence-corrected chi connectivity index (χ1v) is 8.19. The van der Waals surface area contributed by atoms with Gasteiger partial charge in [-0.05, 0) is 36.8 Å². The van der Waals surface area contributed by atoms with Gasteiger partial charge in [-0.1, -0.05) is 30.3 Å². The van der Waals surface area contributed by atoms with Crippen molar-refractivity contribution in [2.24, 2.45) is 0 Å². The topological polar surface area (TPSA) is 49.4 Å². The third-order valence-electron chi connectivity index (χ3n) is 3.32. The number of hydrogen-bond donors (Lipinski definition) is 1. The number of hydrogen-bond acceptors (Lipinski definition) is 3. The van der Waals surface area contributed by atoms with Crippen LogP contribution in [0.2, 0.25) is 0 Å². The summed E-state index contributed by atoms with van der Waals surface area (Å²) in [7, 11) is -0.304. The third kappa shape index (κ3) is 3.62. The third-order valence-corrected chi connectivity index (χ3v) is 5.14. The van der Waals surface area contributed by atoms with E-state index in [-0.39, 0.29) is 6.04 Å². The first kappa shape index (κ1) is 15.5. The van der Waals surface area contributed by atoms with Crippen molar-refractivity contribution in [3.8, 4) is 0 Å². The van der Waals surface area contributed by atoms with Crippen molar-refractivity contribution in [1.82, 2.24) is 4.31 Å². The predicted molar refractivity (Wildman–Crippen MR) is 85.8 cm³/mol. The molecular formula is C16H20N2O2S. The van der Waals surface area contributed by atoms with E-state index in [0.717, 1.165) is 11.3 Å². The van der Waals surface area contributed by atoms with E-state index in [0.29, 0.717) is 4.90 Å². The zero-order valence-corrected chi connectivity index (χ0v) is 13.3. The molecule has 0 spiro atoms. The van der Waals surface area contributed by atoms with E-state index < -0.39 is 10.0 Å². The second-order valence-corrected chi connectivity index (χ2v) is 7.24. The van der Waals surface area contributed by atoms with Gasteiger partial charge in [0.05, 0.1) is 4.90 Å². The largest absolute Gasteiger partial charge is 0.379 e. The van der Waals surface area contributed by atoms with Crippen LogP contribution in [0.15, 0.2) is 59.5 Å². The molecule has 1 N–H and O–H groups in total. The number of anilines is 1. The van der Waals surface area contributed by atoms with Gasteiger partial charge in [0.25, 0.3) is 0 Å². The molecule has 0 radical (unpaired) electrons. The molecule has 21 heavy (non-hydrogen) atoms. The van der Waals surface area contributed by atoms with Crippen LogP contribution in [0.3, 0.4) is 0 Å². The zero-order valence-electron chi connectivity index (χ0n) is 12.4. The Labute approximate surface area is 126 Å². The Balaban J connectivity index is 2.16. The van der Waals surface area contributed by atoms with Gasteiger partial charge in [-0.15, -0.1) is 0 Å². The zero-order chi connectivity index (χ0) is 15.5. The highest BCUT2D eigenvalue weighted by atomic mass is 32.2. The van der Waals surface area contributed by atoms with E-state index in [1.807, 2.05) is 49.4 Å². The molecule has 0 amide bonds. The van der Waals surface area contributed by atoms with E-state index in [2.05, 4.69) is 5.32 Å². The highest BCUT2D eigenvalue weighted by molar-refractivity contribution is 7.89. The Hall–Kier alpha value is -1.85. The molecular weight excluding hydrogens is 284 g/mol. The number of para-hydroxylation sites is 1. The van der Waals surface area contributed by atoms with E-state index in [4.69, 9.17) is 0 Å². The van der Waals surface area contributed by atoms with Crippen LogP contribution in [0.1, 0.15) is 18.5 Å². The molecule has 5 heteroatoms. The molecule has 0 saturated heterocycles. The quantitative estimate of drug-likeness (QED) is 0.923. The summed E-state index contributed by atoms with van der Waals surface area (Å²) in [5.41, 5.74) is 2.08. The summed E-state index contributed by atoms with van der Waals surface area (Å²) in [6.07, 6.45) is 0. The molecule has 0 heterocycles. The summed E-state index contributed by atoms with van der Waals surface area (Å²) >= 11 is 0. The molecule has 2 aromatic carbocycles. The highest BCUT2D eigenvalue weighted by Gasteiger charge is 2.17. The van der Waals surface area contributed by atoms with Gasteiger partial charge in [0, 0.05) is 25.8 Å². The van der Waals surface area contributed by atoms with Crippen molar-refractivity contribution in [3.63, 3.8) is 0 Å². The summed E-state index contributed by atoms with van der Waals surface area (Å²) in [5.74, 6) is 0. The van der Waals surface area contributed by atoms with Crippen LogP contribution >= 0.6 is 0 Å². The number of nitrogens with zero attached hydrogens (tertiary/aromatic N) is 1. The van der Waals surface area contributed by atoms with Crippen LogP contribution in [-0.2, 0) is 10.0 Å². The summed E-state index contributed by atoms with van der Waals surface area (Å²) in [4.78, 5) is 0.308. The fourth-order valence-electron chi connectivity index (χ4n) is 2.01. The van der Waals surface area contributed by atoms with Gasteiger partial charge in [0.1, 0.15) is 0 Å². The molecule has 0 aliphatic carbocycles. The molecule has 0 bridgehead atoms. The molecule has 2 rings (SSSR count). The highest BCUT2D eigenvalue weighted by Crippen LogP contribution is 2.21. The maximum atomic E-state index is 12.0. The minimum absolute atomic E-state index is 0.100. The average Bonchev–Trinajstić information content (AvgIpc) is 2.48. The molecule has 0 saturated carbocycles. The monoisotopic (exact) mass is 304 g/mol. The lowest BCUT2D eigenvalue weighted by Crippen LogP contribution is -2.22. The lowest BCUT2D eigenvalue weighted by Gasteiger charge is -2.17. The van der Waals surface area contributed by atoms with Crippen LogP contribution in [0.5, 0.6) is 0 Å². The second-order valence-electron chi connectivity index (χ2n) is 5.09. The lowest BCUT2D eigenvalue weighted by molar-refractivity contribution is 0.520. The Kier molecular flexibility index (Phi) is 4.65. The van der Waals surface area contributed by atoms with Crippen LogP contribution in [-0.4, -0.2) is 26.8 Å². The SMILES string of the molecule is CC(Nc1ccccc1)c1ccc(S(=O)(=O)N(C)C)cc1. The Morgan fingerprint density at radius 2 is 1.52 bits per heavy atom. The first-order valence-electron chi connectivity index (χ1n) is 6.75. The molecule has 2 aromatic rings. The Morgan fingerprint density at radius 1 is 0.952 bits per heavy atom. The fraction of sp³-hybridized carbons (Fsp3) is 0.250. The molecule has 4 nitrogen and oxygen atoms in total. The van der Waals surface area contributed by atoms with Crippen molar-refractivity contribution in [3.05, 3.63) is 60.2 Å². The molecule has 0 aliphatic heterocycles. The molecule has 0 aromatic heterocycles. The van der Waals surface area contributed by atoms with E-state index >= 15 is 0 Å². The normalized spacial score (nSPS) is 13.1. The van der Waals surface area contributed by atoms with Gasteiger partial charge >= 0.3 is 0 Å². The van der Waals surface area contributed by atoms with Crippen molar-refractivity contribution in [2.75, 3.05) is 19.4 Å². The van der Waals surface area contributed by atoms with Gasteiger partial charge in [-0.3, -0.25) is 0 Å². The number of sulfonamides is 1. The number of rotatable bonds is 5. The van der Waals surface area contributed by atoms with E-state index in [9.17, 15) is 8.42 Å². The van der Waals surface area contributed by atoms with Crippen LogP contribution in [0, 0.1) is 0 Å². The molecule has 112 valence electrons. The van der Waals surface area contributed by atoms with Crippen LogP contribution < -0.4 is 5.32 Å². The molecule has 0 aliphatic rings. The Morgan fingerprint density at radius 3 is 2.05 bits per heavy atom. The van der Waals surface area contributed by atoms with Crippen LogP contribution in [0.4, 0.5) is 5.69 Å². The number of benzene rings is 2. The van der Waals surface area contributed by atoms with Gasteiger partial charge in [0.15, 0.2) is 0 Å². The van der Waals surface area contributed by atoms with Gasteiger partial charge in [0.2, 0.25) is 10.0 Å². The minimum atomic E-state index is -3.37. The van der Waals surface area contributed by atoms with E-state index in [1.165, 1.54) is 18.4 Å². The summed E-state index contributed by atoms with van der Waals surface area (Å²) in [5, 5.41) is 3.38. The summed E-state index contributed by atoms with van der Waals surface area (Å²) < 4.78 is 25.2. The summed E-state index contributed by atoms with van der Waals surface area (Å²) in [6.45, 7) is 2.04. The number of nitrogens with one attached hydrogen (secondary N) is 1. The fourth-order valence-corrected chi connectivity index (χ4v) is 2.91. The Bertz CT molecular complexity index is 680. The molecule has 1 unspecified atom stereocenters. The van der Waals surface area contributed by atoms with Crippen LogP contribution in [0.25, 0.3) is 0 Å². The van der Waals surface area contributed by atoms with Crippen molar-refractivity contribution >= 4 is 15.7 Å². The van der Waals surface area contributed by atoms with Gasteiger partial charge < -0.3 is 5.32 Å². The van der Waals surface area contributed by atoms with Gasteiger partial charge in [-0.2, -0.15) is 0 Å². The smallest absolute Gasteiger partial charge is 0.242 e. The molecule has 0 fully saturated rings. The second kappa shape index (κ2) is 6.28. The van der Waals surface area contributed by atoms with Crippen molar-refractivity contribution < 1.29 is 8.42 Å². The summed E-state index contributed by atoms with van der Waals surface area (Å²) in [6, 6.07) is 17.0. The van der Waals surface area contributed by atoms with Gasteiger partial charge in [-0.25, -0.2) is 12.7 Å². The first-order chi connectivity index (χ1) is 9.91. The lowest BCUT2D eigenvalue weighted by atomic mass is 10.1. The minimum Gasteiger partial charge on any atom is -0.379 e.